The normalized spacial score (nSPS) is 27.4. The van der Waals surface area contributed by atoms with E-state index in [1.165, 1.54) is 0 Å². The van der Waals surface area contributed by atoms with Gasteiger partial charge in [0.2, 0.25) is 5.91 Å². The third-order valence-corrected chi connectivity index (χ3v) is 10.8. The van der Waals surface area contributed by atoms with Gasteiger partial charge in [-0.3, -0.25) is 9.59 Å². The van der Waals surface area contributed by atoms with Crippen LogP contribution in [0.3, 0.4) is 0 Å². The van der Waals surface area contributed by atoms with Gasteiger partial charge in [0, 0.05) is 42.4 Å². The zero-order valence-corrected chi connectivity index (χ0v) is 23.4. The summed E-state index contributed by atoms with van der Waals surface area (Å²) in [6, 6.07) is 13.3. The van der Waals surface area contributed by atoms with E-state index in [9.17, 15) is 19.5 Å². The molecule has 0 bridgehead atoms. The van der Waals surface area contributed by atoms with Crippen LogP contribution in [0.4, 0.5) is 11.4 Å². The quantitative estimate of drug-likeness (QED) is 0.463. The largest absolute Gasteiger partial charge is 0.497 e. The second-order valence-electron chi connectivity index (χ2n) is 11.0. The first-order chi connectivity index (χ1) is 18.1. The van der Waals surface area contributed by atoms with Crippen molar-refractivity contribution < 1.29 is 29.0 Å². The Kier molecular flexibility index (Phi) is 7.12. The van der Waals surface area contributed by atoms with Gasteiger partial charge in [0.15, 0.2) is 13.9 Å². The number of aliphatic hydroxyl groups is 1. The molecule has 4 atom stereocenters. The molecule has 2 fully saturated rings. The van der Waals surface area contributed by atoms with Crippen molar-refractivity contribution in [2.24, 2.45) is 5.92 Å². The Morgan fingerprint density at radius 3 is 2.55 bits per heavy atom. The number of aliphatic hydroxyl groups excluding tert-OH is 1. The van der Waals surface area contributed by atoms with E-state index in [0.29, 0.717) is 31.8 Å². The highest BCUT2D eigenvalue weighted by Gasteiger charge is 2.66. The molecule has 3 heterocycles. The van der Waals surface area contributed by atoms with E-state index in [-0.39, 0.29) is 29.9 Å². The van der Waals surface area contributed by atoms with Crippen molar-refractivity contribution in [3.8, 4) is 5.75 Å². The van der Waals surface area contributed by atoms with Crippen LogP contribution in [0.5, 0.6) is 5.75 Å². The van der Waals surface area contributed by atoms with Crippen LogP contribution in [0, 0.1) is 5.92 Å². The molecule has 3 aliphatic heterocycles. The summed E-state index contributed by atoms with van der Waals surface area (Å²) in [6.45, 7) is 7.68. The average molecular weight is 540 g/mol. The topological polar surface area (TPSA) is 112 Å². The number of amides is 2. The molecular formula is C28H37N3O6Si. The number of anilines is 2. The number of methoxy groups -OCH3 is 1. The smallest absolute Gasteiger partial charge is 0.264 e. The van der Waals surface area contributed by atoms with Gasteiger partial charge < -0.3 is 34.5 Å². The molecule has 3 N–H and O–H groups in total. The van der Waals surface area contributed by atoms with Crippen LogP contribution in [0.25, 0.3) is 0 Å². The molecule has 2 aromatic rings. The van der Waals surface area contributed by atoms with E-state index in [1.54, 1.807) is 16.9 Å². The van der Waals surface area contributed by atoms with Crippen LogP contribution in [0.1, 0.15) is 24.5 Å². The van der Waals surface area contributed by atoms with E-state index in [0.717, 1.165) is 29.0 Å². The molecule has 2 amide bonds. The van der Waals surface area contributed by atoms with Crippen molar-refractivity contribution in [3.63, 3.8) is 0 Å². The highest BCUT2D eigenvalue weighted by molar-refractivity contribution is 6.71. The Bertz CT molecular complexity index is 1220. The lowest BCUT2D eigenvalue weighted by Crippen LogP contribution is -2.48. The molecular weight excluding hydrogens is 502 g/mol. The Labute approximate surface area is 224 Å². The van der Waals surface area contributed by atoms with Gasteiger partial charge >= 0.3 is 0 Å². The number of hydrogen-bond acceptors (Lipinski definition) is 7. The van der Waals surface area contributed by atoms with E-state index in [2.05, 4.69) is 5.32 Å². The standard InChI is InChI=1S/C28H37N3O6Si/c1-18-26(38(3,4)35)24(11-14-32)37-28(18)22-15-21(36-2)9-10-23(22)31(27(28)34)17-19-5-7-20(8-6-19)30-13-12-29-16-25(30)33/h5-10,15,18,24,26,29,32,35H,11-14,16-17H2,1-4H3/t18-,24+,26-,28+/m1/s1. The summed E-state index contributed by atoms with van der Waals surface area (Å²) in [5.74, 6) is 0.202. The fourth-order valence-corrected chi connectivity index (χ4v) is 9.18. The number of nitrogens with zero attached hydrogens (tertiary/aromatic N) is 2. The van der Waals surface area contributed by atoms with Crippen LogP contribution in [-0.4, -0.2) is 69.5 Å². The van der Waals surface area contributed by atoms with Crippen molar-refractivity contribution in [2.75, 3.05) is 43.2 Å². The van der Waals surface area contributed by atoms with Crippen molar-refractivity contribution in [1.29, 1.82) is 0 Å². The fourth-order valence-electron chi connectivity index (χ4n) is 6.58. The van der Waals surface area contributed by atoms with Crippen molar-refractivity contribution in [1.82, 2.24) is 5.32 Å². The summed E-state index contributed by atoms with van der Waals surface area (Å²) in [4.78, 5) is 41.4. The highest BCUT2D eigenvalue weighted by atomic mass is 28.4. The summed E-state index contributed by atoms with van der Waals surface area (Å²) in [5.41, 5.74) is 1.76. The molecule has 0 saturated carbocycles. The second-order valence-corrected chi connectivity index (χ2v) is 15.0. The minimum Gasteiger partial charge on any atom is -0.497 e. The molecule has 5 rings (SSSR count). The first-order valence-electron chi connectivity index (χ1n) is 13.2. The minimum absolute atomic E-state index is 0.0400. The summed E-state index contributed by atoms with van der Waals surface area (Å²) >= 11 is 0. The zero-order chi connectivity index (χ0) is 27.2. The lowest BCUT2D eigenvalue weighted by atomic mass is 9.82. The highest BCUT2D eigenvalue weighted by Crippen LogP contribution is 2.60. The molecule has 3 aliphatic rings. The zero-order valence-electron chi connectivity index (χ0n) is 22.4. The van der Waals surface area contributed by atoms with Crippen molar-refractivity contribution in [2.45, 2.75) is 50.2 Å². The van der Waals surface area contributed by atoms with Crippen LogP contribution >= 0.6 is 0 Å². The molecule has 204 valence electrons. The monoisotopic (exact) mass is 539 g/mol. The Morgan fingerprint density at radius 1 is 1.18 bits per heavy atom. The average Bonchev–Trinajstić information content (AvgIpc) is 3.31. The summed E-state index contributed by atoms with van der Waals surface area (Å²) < 4.78 is 12.1. The first-order valence-corrected chi connectivity index (χ1v) is 16.3. The number of carbonyl (C=O) groups excluding carboxylic acids is 2. The second kappa shape index (κ2) is 10.1. The number of carbonyl (C=O) groups is 2. The predicted octanol–water partition coefficient (Wildman–Crippen LogP) is 2.36. The van der Waals surface area contributed by atoms with Gasteiger partial charge in [-0.1, -0.05) is 19.1 Å². The van der Waals surface area contributed by atoms with Crippen molar-refractivity contribution >= 4 is 31.5 Å². The molecule has 1 spiro atoms. The van der Waals surface area contributed by atoms with Gasteiger partial charge in [-0.2, -0.15) is 0 Å². The van der Waals surface area contributed by atoms with Gasteiger partial charge in [0.05, 0.1) is 32.0 Å². The SMILES string of the molecule is COc1ccc2c(c1)[C@]1(O[C@@H](CCO)[C@H]([Si](C)(C)O)[C@H]1C)C(=O)N2Cc1ccc(N2CCNCC2=O)cc1. The lowest BCUT2D eigenvalue weighted by molar-refractivity contribution is -0.146. The van der Waals surface area contributed by atoms with Crippen LogP contribution in [-0.2, 0) is 26.5 Å². The number of rotatable bonds is 7. The maximum absolute atomic E-state index is 14.4. The Morgan fingerprint density at radius 2 is 1.92 bits per heavy atom. The van der Waals surface area contributed by atoms with Gasteiger partial charge in [0.25, 0.3) is 5.91 Å². The number of ether oxygens (including phenoxy) is 2. The maximum Gasteiger partial charge on any atom is 0.264 e. The fraction of sp³-hybridized carbons (Fsp3) is 0.500. The number of benzene rings is 2. The van der Waals surface area contributed by atoms with E-state index in [1.807, 2.05) is 62.5 Å². The third-order valence-electron chi connectivity index (χ3n) is 8.28. The molecule has 0 aromatic heterocycles. The predicted molar refractivity (Wildman–Crippen MR) is 147 cm³/mol. The molecule has 2 saturated heterocycles. The molecule has 0 radical (unpaired) electrons. The molecule has 0 unspecified atom stereocenters. The Balaban J connectivity index is 1.50. The Hall–Kier alpha value is -2.76. The molecule has 2 aromatic carbocycles. The summed E-state index contributed by atoms with van der Waals surface area (Å²) in [6.07, 6.45) is -0.0764. The maximum atomic E-state index is 14.4. The van der Waals surface area contributed by atoms with E-state index >= 15 is 0 Å². The van der Waals surface area contributed by atoms with Crippen LogP contribution < -0.4 is 19.9 Å². The van der Waals surface area contributed by atoms with Gasteiger partial charge in [-0.15, -0.1) is 0 Å². The number of piperazine rings is 1. The summed E-state index contributed by atoms with van der Waals surface area (Å²) in [7, 11) is -1.16. The first kappa shape index (κ1) is 26.8. The molecule has 0 aliphatic carbocycles. The molecule has 9 nitrogen and oxygen atoms in total. The minimum atomic E-state index is -2.75. The molecule has 38 heavy (non-hydrogen) atoms. The summed E-state index contributed by atoms with van der Waals surface area (Å²) in [5, 5.41) is 12.8. The number of hydrogen-bond donors (Lipinski definition) is 3. The van der Waals surface area contributed by atoms with E-state index in [4.69, 9.17) is 9.47 Å². The third kappa shape index (κ3) is 4.34. The van der Waals surface area contributed by atoms with Gasteiger partial charge in [-0.25, -0.2) is 0 Å². The van der Waals surface area contributed by atoms with Gasteiger partial charge in [0.1, 0.15) is 5.75 Å². The lowest BCUT2D eigenvalue weighted by Gasteiger charge is -2.32. The van der Waals surface area contributed by atoms with Crippen LogP contribution in [0.15, 0.2) is 42.5 Å². The number of nitrogens with one attached hydrogen (secondary N) is 1. The van der Waals surface area contributed by atoms with E-state index < -0.39 is 20.0 Å². The van der Waals surface area contributed by atoms with Crippen molar-refractivity contribution in [3.05, 3.63) is 53.6 Å². The number of fused-ring (bicyclic) bond motifs is 2. The molecule has 10 heteroatoms. The van der Waals surface area contributed by atoms with Crippen LogP contribution in [0.2, 0.25) is 18.6 Å². The van der Waals surface area contributed by atoms with Gasteiger partial charge in [-0.05, 0) is 55.4 Å².